The molecule has 4 rings (SSSR count). The minimum Gasteiger partial charge on any atom is -0.397 e. The van der Waals surface area contributed by atoms with E-state index in [0.717, 1.165) is 0 Å². The zero-order valence-corrected chi connectivity index (χ0v) is 20.3. The van der Waals surface area contributed by atoms with E-state index in [1.807, 2.05) is 6.92 Å². The third-order valence-electron chi connectivity index (χ3n) is 5.73. The molecule has 8 heteroatoms. The van der Waals surface area contributed by atoms with Crippen LogP contribution in [0.3, 0.4) is 0 Å². The number of fused-ring (bicyclic) bond motifs is 1. The summed E-state index contributed by atoms with van der Waals surface area (Å²) in [5.74, 6) is -1.56. The Kier molecular flexibility index (Phi) is 6.61. The largest absolute Gasteiger partial charge is 0.397 e. The molecule has 0 bridgehead atoms. The van der Waals surface area contributed by atoms with Crippen molar-refractivity contribution in [3.63, 3.8) is 0 Å². The van der Waals surface area contributed by atoms with Gasteiger partial charge in [0, 0.05) is 40.3 Å². The number of rotatable bonds is 6. The summed E-state index contributed by atoms with van der Waals surface area (Å²) in [6.07, 6.45) is 0.805. The average molecular weight is 503 g/mol. The van der Waals surface area contributed by atoms with E-state index < -0.39 is 11.7 Å². The number of nitrogens with two attached hydrogens (primary N) is 1. The number of hydrogen-bond donors (Lipinski definition) is 2. The number of carbonyl (C=O) groups excluding carboxylic acids is 2. The second kappa shape index (κ2) is 9.29. The van der Waals surface area contributed by atoms with Crippen molar-refractivity contribution >= 4 is 56.8 Å². The van der Waals surface area contributed by atoms with Gasteiger partial charge in [0.1, 0.15) is 10.7 Å². The van der Waals surface area contributed by atoms with Crippen molar-refractivity contribution in [3.05, 3.63) is 91.2 Å². The highest BCUT2D eigenvalue weighted by atomic mass is 35.5. The van der Waals surface area contributed by atoms with Crippen LogP contribution >= 0.6 is 34.5 Å². The maximum atomic E-state index is 15.0. The van der Waals surface area contributed by atoms with E-state index in [4.69, 9.17) is 28.9 Å². The lowest BCUT2D eigenvalue weighted by atomic mass is 9.78. The maximum absolute atomic E-state index is 15.0. The van der Waals surface area contributed by atoms with Crippen LogP contribution in [0.2, 0.25) is 10.0 Å². The summed E-state index contributed by atoms with van der Waals surface area (Å²) in [5.41, 5.74) is 9.18. The third-order valence-corrected chi connectivity index (χ3v) is 7.60. The number of hydrogen-bond acceptors (Lipinski definition) is 5. The van der Waals surface area contributed by atoms with Gasteiger partial charge in [-0.3, -0.25) is 9.59 Å². The molecule has 0 amide bonds. The first-order chi connectivity index (χ1) is 15.8. The van der Waals surface area contributed by atoms with Crippen molar-refractivity contribution in [1.82, 2.24) is 0 Å². The minimum atomic E-state index is -0.712. The van der Waals surface area contributed by atoms with Crippen molar-refractivity contribution in [2.45, 2.75) is 32.6 Å². The van der Waals surface area contributed by atoms with Crippen molar-refractivity contribution in [2.75, 3.05) is 11.1 Å². The van der Waals surface area contributed by atoms with Crippen LogP contribution in [0, 0.1) is 5.82 Å². The second-order valence-electron chi connectivity index (χ2n) is 7.65. The van der Waals surface area contributed by atoms with E-state index in [0.29, 0.717) is 49.3 Å². The summed E-state index contributed by atoms with van der Waals surface area (Å²) in [6, 6.07) is 11.0. The predicted molar refractivity (Wildman–Crippen MR) is 133 cm³/mol. The quantitative estimate of drug-likeness (QED) is 0.349. The van der Waals surface area contributed by atoms with Gasteiger partial charge in [0.2, 0.25) is 5.78 Å². The number of allylic oxidation sites excluding steroid dienone is 2. The van der Waals surface area contributed by atoms with Crippen LogP contribution in [-0.2, 0) is 4.79 Å². The Bertz CT molecular complexity index is 1320. The van der Waals surface area contributed by atoms with E-state index in [1.165, 1.54) is 23.5 Å². The molecule has 0 saturated carbocycles. The van der Waals surface area contributed by atoms with Gasteiger partial charge in [-0.25, -0.2) is 4.39 Å². The molecule has 3 aromatic rings. The lowest BCUT2D eigenvalue weighted by molar-refractivity contribution is -0.115. The Hall–Kier alpha value is -2.67. The maximum Gasteiger partial charge on any atom is 0.205 e. The fourth-order valence-electron chi connectivity index (χ4n) is 4.11. The average Bonchev–Trinajstić information content (AvgIpc) is 3.15. The lowest BCUT2D eigenvalue weighted by Crippen LogP contribution is -2.24. The zero-order chi connectivity index (χ0) is 23.9. The molecular formula is C25H21Cl2FN2O2S. The number of carbonyl (C=O) groups is 2. The Balaban J connectivity index is 1.93. The van der Waals surface area contributed by atoms with Crippen LogP contribution in [0.25, 0.3) is 0 Å². The molecule has 0 unspecified atom stereocenters. The molecule has 170 valence electrons. The van der Waals surface area contributed by atoms with Gasteiger partial charge < -0.3 is 11.1 Å². The van der Waals surface area contributed by atoms with E-state index >= 15 is 0 Å². The Morgan fingerprint density at radius 3 is 2.48 bits per heavy atom. The smallest absolute Gasteiger partial charge is 0.205 e. The number of halogens is 3. The molecule has 33 heavy (non-hydrogen) atoms. The molecule has 2 aromatic carbocycles. The summed E-state index contributed by atoms with van der Waals surface area (Å²) in [7, 11) is 0. The standard InChI is InChI=1S/C25H21Cl2FN2O2S/c1-3-17-20(18(31)4-2)19(13-7-5-6-8-16(13)28)21-22(29)24(33-25(21)30-17)23(32)12-9-10-14(26)15(27)11-12/h5-11,19,30H,3-4,29H2,1-2H3/t19-/m0/s1. The van der Waals surface area contributed by atoms with Gasteiger partial charge in [-0.2, -0.15) is 0 Å². The molecule has 1 atom stereocenters. The van der Waals surface area contributed by atoms with Crippen molar-refractivity contribution in [3.8, 4) is 0 Å². The number of benzene rings is 2. The summed E-state index contributed by atoms with van der Waals surface area (Å²) < 4.78 is 15.0. The minimum absolute atomic E-state index is 0.0961. The summed E-state index contributed by atoms with van der Waals surface area (Å²) in [4.78, 5) is 26.7. The highest BCUT2D eigenvalue weighted by Gasteiger charge is 2.38. The van der Waals surface area contributed by atoms with Gasteiger partial charge in [-0.05, 0) is 30.7 Å². The SMILES string of the molecule is CCC(=O)C1=C(CC)Nc2sc(C(=O)c3ccc(Cl)c(Cl)c3)c(N)c2[C@H]1c1ccccc1F. The molecule has 0 spiro atoms. The van der Waals surface area contributed by atoms with E-state index in [2.05, 4.69) is 5.32 Å². The Labute approximate surface area is 205 Å². The van der Waals surface area contributed by atoms with Gasteiger partial charge in [0.05, 0.1) is 20.7 Å². The number of Topliss-reactive ketones (excluding diaryl/α,β-unsaturated/α-hetero) is 1. The molecular weight excluding hydrogens is 482 g/mol. The number of nitrogens with one attached hydrogen (secondary N) is 1. The summed E-state index contributed by atoms with van der Waals surface area (Å²) in [6.45, 7) is 3.69. The van der Waals surface area contributed by atoms with Gasteiger partial charge in [-0.15, -0.1) is 11.3 Å². The first-order valence-corrected chi connectivity index (χ1v) is 12.0. The van der Waals surface area contributed by atoms with Crippen LogP contribution < -0.4 is 11.1 Å². The van der Waals surface area contributed by atoms with Crippen LogP contribution in [-0.4, -0.2) is 11.6 Å². The molecule has 3 N–H and O–H groups in total. The number of anilines is 2. The number of nitrogen functional groups attached to an aromatic ring is 1. The molecule has 4 nitrogen and oxygen atoms in total. The fraction of sp³-hybridized carbons (Fsp3) is 0.200. The molecule has 0 saturated heterocycles. The molecule has 0 radical (unpaired) electrons. The number of ketones is 2. The number of thiophene rings is 1. The molecule has 2 heterocycles. The summed E-state index contributed by atoms with van der Waals surface area (Å²) >= 11 is 13.3. The molecule has 1 aliphatic rings. The Morgan fingerprint density at radius 2 is 1.85 bits per heavy atom. The third kappa shape index (κ3) is 4.07. The van der Waals surface area contributed by atoms with Crippen LogP contribution in [0.5, 0.6) is 0 Å². The summed E-state index contributed by atoms with van der Waals surface area (Å²) in [5, 5.41) is 4.53. The second-order valence-corrected chi connectivity index (χ2v) is 9.48. The van der Waals surface area contributed by atoms with Gasteiger partial charge in [0.15, 0.2) is 5.78 Å². The van der Waals surface area contributed by atoms with Crippen LogP contribution in [0.1, 0.15) is 59.0 Å². The van der Waals surface area contributed by atoms with Gasteiger partial charge >= 0.3 is 0 Å². The Morgan fingerprint density at radius 1 is 1.12 bits per heavy atom. The highest BCUT2D eigenvalue weighted by Crippen LogP contribution is 2.51. The topological polar surface area (TPSA) is 72.2 Å². The monoisotopic (exact) mass is 502 g/mol. The fourth-order valence-corrected chi connectivity index (χ4v) is 5.56. The van der Waals surface area contributed by atoms with E-state index in [9.17, 15) is 14.0 Å². The van der Waals surface area contributed by atoms with Gasteiger partial charge in [-0.1, -0.05) is 55.2 Å². The first-order valence-electron chi connectivity index (χ1n) is 10.5. The predicted octanol–water partition coefficient (Wildman–Crippen LogP) is 7.21. The molecule has 1 aromatic heterocycles. The van der Waals surface area contributed by atoms with E-state index in [1.54, 1.807) is 37.3 Å². The van der Waals surface area contributed by atoms with Crippen LogP contribution in [0.15, 0.2) is 53.7 Å². The first kappa shape index (κ1) is 23.5. The van der Waals surface area contributed by atoms with Crippen molar-refractivity contribution < 1.29 is 14.0 Å². The molecule has 0 aliphatic carbocycles. The highest BCUT2D eigenvalue weighted by molar-refractivity contribution is 7.19. The van der Waals surface area contributed by atoms with Crippen LogP contribution in [0.4, 0.5) is 15.1 Å². The lowest BCUT2D eigenvalue weighted by Gasteiger charge is -2.30. The molecule has 0 fully saturated rings. The normalized spacial score (nSPS) is 15.2. The van der Waals surface area contributed by atoms with Crippen molar-refractivity contribution in [2.24, 2.45) is 0 Å². The van der Waals surface area contributed by atoms with Crippen molar-refractivity contribution in [1.29, 1.82) is 0 Å². The van der Waals surface area contributed by atoms with E-state index in [-0.39, 0.29) is 28.7 Å². The molecule has 1 aliphatic heterocycles. The van der Waals surface area contributed by atoms with Gasteiger partial charge in [0.25, 0.3) is 0 Å². The zero-order valence-electron chi connectivity index (χ0n) is 18.0.